The molecule has 0 bridgehead atoms. The Labute approximate surface area is 121 Å². The highest BCUT2D eigenvalue weighted by molar-refractivity contribution is 7.07. The second-order valence-electron chi connectivity index (χ2n) is 4.30. The van der Waals surface area contributed by atoms with Crippen LogP contribution in [0.25, 0.3) is 0 Å². The molecule has 2 aromatic rings. The number of nitrogens with one attached hydrogen (secondary N) is 2. The summed E-state index contributed by atoms with van der Waals surface area (Å²) >= 11 is 1.56. The molecule has 0 aromatic carbocycles. The van der Waals surface area contributed by atoms with Gasteiger partial charge in [-0.2, -0.15) is 15.0 Å². The smallest absolute Gasteiger partial charge is 0.323 e. The fraction of sp³-hybridized carbons (Fsp3) is 0.500. The van der Waals surface area contributed by atoms with Gasteiger partial charge in [-0.15, -0.1) is 11.3 Å². The van der Waals surface area contributed by atoms with Gasteiger partial charge in [-0.05, 0) is 20.8 Å². The first-order chi connectivity index (χ1) is 9.67. The number of ether oxygens (including phenoxy) is 1. The van der Waals surface area contributed by atoms with E-state index in [0.29, 0.717) is 24.5 Å². The van der Waals surface area contributed by atoms with Crippen LogP contribution in [0.1, 0.15) is 26.5 Å². The summed E-state index contributed by atoms with van der Waals surface area (Å²) in [5.74, 6) is 0.971. The second-order valence-corrected chi connectivity index (χ2v) is 5.01. The van der Waals surface area contributed by atoms with Gasteiger partial charge in [0.25, 0.3) is 0 Å². The van der Waals surface area contributed by atoms with E-state index in [4.69, 9.17) is 4.74 Å². The summed E-state index contributed by atoms with van der Waals surface area (Å²) in [4.78, 5) is 16.9. The number of nitrogens with zero attached hydrogens (tertiary/aromatic N) is 4. The zero-order chi connectivity index (χ0) is 14.4. The highest BCUT2D eigenvalue weighted by Gasteiger charge is 2.08. The van der Waals surface area contributed by atoms with Gasteiger partial charge in [-0.1, -0.05) is 0 Å². The summed E-state index contributed by atoms with van der Waals surface area (Å²) in [5, 5.41) is 8.16. The summed E-state index contributed by atoms with van der Waals surface area (Å²) in [5.41, 5.74) is 2.74. The Morgan fingerprint density at radius 1 is 1.20 bits per heavy atom. The van der Waals surface area contributed by atoms with E-state index in [1.54, 1.807) is 16.8 Å². The number of thiazole rings is 1. The number of rotatable bonds is 7. The molecule has 2 heterocycles. The van der Waals surface area contributed by atoms with Gasteiger partial charge in [-0.25, -0.2) is 4.98 Å². The number of hydrogen-bond acceptors (Lipinski definition) is 8. The molecule has 0 saturated heterocycles. The lowest BCUT2D eigenvalue weighted by atomic mass is 10.5. The molecule has 2 rings (SSSR count). The van der Waals surface area contributed by atoms with Gasteiger partial charge in [0, 0.05) is 11.9 Å². The summed E-state index contributed by atoms with van der Waals surface area (Å²) in [7, 11) is 0. The van der Waals surface area contributed by atoms with Gasteiger partial charge in [0.05, 0.1) is 23.9 Å². The molecule has 0 saturated carbocycles. The normalized spacial score (nSPS) is 10.6. The highest BCUT2D eigenvalue weighted by Crippen LogP contribution is 2.13. The van der Waals surface area contributed by atoms with E-state index < -0.39 is 0 Å². The highest BCUT2D eigenvalue weighted by atomic mass is 32.1. The Morgan fingerprint density at radius 2 is 1.95 bits per heavy atom. The van der Waals surface area contributed by atoms with E-state index in [-0.39, 0.29) is 6.10 Å². The lowest BCUT2D eigenvalue weighted by molar-refractivity contribution is 0.222. The molecule has 20 heavy (non-hydrogen) atoms. The number of aromatic nitrogens is 4. The van der Waals surface area contributed by atoms with Crippen LogP contribution < -0.4 is 15.4 Å². The van der Waals surface area contributed by atoms with E-state index in [1.165, 1.54) is 0 Å². The molecular weight excluding hydrogens is 276 g/mol. The molecule has 0 fully saturated rings. The molecule has 8 heteroatoms. The van der Waals surface area contributed by atoms with Crippen LogP contribution in [0, 0.1) is 0 Å². The van der Waals surface area contributed by atoms with Crippen LogP contribution in [0.2, 0.25) is 0 Å². The van der Waals surface area contributed by atoms with Crippen molar-refractivity contribution in [2.75, 3.05) is 17.2 Å². The number of anilines is 2. The van der Waals surface area contributed by atoms with Crippen molar-refractivity contribution < 1.29 is 4.74 Å². The second kappa shape index (κ2) is 6.99. The standard InChI is InChI=1S/C12H18N6OS/c1-4-13-10-16-11(14-5-9-6-20-7-15-9)18-12(17-10)19-8(2)3/h6-8H,4-5H2,1-3H3,(H2,13,14,16,17,18). The van der Waals surface area contributed by atoms with E-state index in [0.717, 1.165) is 12.2 Å². The molecule has 0 spiro atoms. The van der Waals surface area contributed by atoms with Gasteiger partial charge < -0.3 is 15.4 Å². The van der Waals surface area contributed by atoms with E-state index in [1.807, 2.05) is 26.2 Å². The zero-order valence-electron chi connectivity index (χ0n) is 11.8. The summed E-state index contributed by atoms with van der Waals surface area (Å²) in [6.45, 7) is 7.14. The Morgan fingerprint density at radius 3 is 2.55 bits per heavy atom. The Kier molecular flexibility index (Phi) is 5.05. The zero-order valence-corrected chi connectivity index (χ0v) is 12.6. The van der Waals surface area contributed by atoms with Crippen LogP contribution in [0.4, 0.5) is 11.9 Å². The molecule has 0 unspecified atom stereocenters. The van der Waals surface area contributed by atoms with E-state index >= 15 is 0 Å². The van der Waals surface area contributed by atoms with Gasteiger partial charge in [0.1, 0.15) is 0 Å². The van der Waals surface area contributed by atoms with Crippen molar-refractivity contribution in [3.8, 4) is 6.01 Å². The molecule has 0 atom stereocenters. The van der Waals surface area contributed by atoms with Gasteiger partial charge in [0.2, 0.25) is 11.9 Å². The lowest BCUT2D eigenvalue weighted by Gasteiger charge is -2.11. The number of hydrogen-bond donors (Lipinski definition) is 2. The third kappa shape index (κ3) is 4.30. The third-order valence-electron chi connectivity index (χ3n) is 2.20. The van der Waals surface area contributed by atoms with Crippen molar-refractivity contribution in [1.29, 1.82) is 0 Å². The van der Waals surface area contributed by atoms with E-state index in [9.17, 15) is 0 Å². The van der Waals surface area contributed by atoms with Crippen molar-refractivity contribution in [2.24, 2.45) is 0 Å². The first-order valence-electron chi connectivity index (χ1n) is 6.45. The maximum absolute atomic E-state index is 5.52. The fourth-order valence-corrected chi connectivity index (χ4v) is 1.99. The average molecular weight is 294 g/mol. The maximum Gasteiger partial charge on any atom is 0.323 e. The van der Waals surface area contributed by atoms with Crippen LogP contribution >= 0.6 is 11.3 Å². The minimum Gasteiger partial charge on any atom is -0.461 e. The fourth-order valence-electron chi connectivity index (χ4n) is 1.43. The van der Waals surface area contributed by atoms with Crippen molar-refractivity contribution in [3.05, 3.63) is 16.6 Å². The first kappa shape index (κ1) is 14.4. The molecule has 0 aliphatic carbocycles. The summed E-state index contributed by atoms with van der Waals surface area (Å²) < 4.78 is 5.52. The molecule has 0 amide bonds. The molecular formula is C12H18N6OS. The quantitative estimate of drug-likeness (QED) is 0.809. The van der Waals surface area contributed by atoms with Crippen molar-refractivity contribution >= 4 is 23.2 Å². The Balaban J connectivity index is 2.10. The molecule has 7 nitrogen and oxygen atoms in total. The summed E-state index contributed by atoms with van der Waals surface area (Å²) in [6, 6.07) is 0.312. The Bertz CT molecular complexity index is 531. The van der Waals surface area contributed by atoms with Crippen molar-refractivity contribution in [2.45, 2.75) is 33.4 Å². The van der Waals surface area contributed by atoms with E-state index in [2.05, 4.69) is 30.6 Å². The van der Waals surface area contributed by atoms with Gasteiger partial charge >= 0.3 is 6.01 Å². The predicted molar refractivity (Wildman–Crippen MR) is 79.2 cm³/mol. The third-order valence-corrected chi connectivity index (χ3v) is 2.84. The van der Waals surface area contributed by atoms with Crippen molar-refractivity contribution in [3.63, 3.8) is 0 Å². The minimum atomic E-state index is 0.0123. The molecule has 2 aromatic heterocycles. The molecule has 0 aliphatic rings. The average Bonchev–Trinajstić information content (AvgIpc) is 2.89. The summed E-state index contributed by atoms with van der Waals surface area (Å²) in [6.07, 6.45) is 0.0123. The minimum absolute atomic E-state index is 0.0123. The van der Waals surface area contributed by atoms with Gasteiger partial charge in [0.15, 0.2) is 0 Å². The van der Waals surface area contributed by atoms with Crippen molar-refractivity contribution in [1.82, 2.24) is 19.9 Å². The maximum atomic E-state index is 5.52. The monoisotopic (exact) mass is 294 g/mol. The van der Waals surface area contributed by atoms with Crippen LogP contribution in [0.15, 0.2) is 10.9 Å². The Hall–Kier alpha value is -1.96. The molecule has 0 radical (unpaired) electrons. The molecule has 108 valence electrons. The predicted octanol–water partition coefficient (Wildman–Crippen LogP) is 2.16. The topological polar surface area (TPSA) is 84.9 Å². The molecule has 0 aliphatic heterocycles. The SMILES string of the molecule is CCNc1nc(NCc2cscn2)nc(OC(C)C)n1. The van der Waals surface area contributed by atoms with Gasteiger partial charge in [-0.3, -0.25) is 0 Å². The van der Waals surface area contributed by atoms with Crippen LogP contribution in [-0.4, -0.2) is 32.6 Å². The largest absolute Gasteiger partial charge is 0.461 e. The lowest BCUT2D eigenvalue weighted by Crippen LogP contribution is -2.13. The van der Waals surface area contributed by atoms with Crippen LogP contribution in [0.5, 0.6) is 6.01 Å². The molecule has 2 N–H and O–H groups in total. The van der Waals surface area contributed by atoms with Crippen LogP contribution in [-0.2, 0) is 6.54 Å². The van der Waals surface area contributed by atoms with Crippen LogP contribution in [0.3, 0.4) is 0 Å². The first-order valence-corrected chi connectivity index (χ1v) is 7.39.